The number of anilines is 1. The van der Waals surface area contributed by atoms with E-state index in [2.05, 4.69) is 9.97 Å². The van der Waals surface area contributed by atoms with Crippen molar-refractivity contribution in [2.45, 2.75) is 37.9 Å². The summed E-state index contributed by atoms with van der Waals surface area (Å²) in [5.74, 6) is -9.61. The fraction of sp³-hybridized carbons (Fsp3) is 0.440. The van der Waals surface area contributed by atoms with E-state index in [9.17, 15) is 50.5 Å². The number of halogens is 7. The van der Waals surface area contributed by atoms with Gasteiger partial charge in [0.15, 0.2) is 17.3 Å². The average molecular weight is 591 g/mol. The van der Waals surface area contributed by atoms with E-state index >= 15 is 0 Å². The smallest absolute Gasteiger partial charge is 0.396 e. The summed E-state index contributed by atoms with van der Waals surface area (Å²) in [5, 5.41) is 20.4. The van der Waals surface area contributed by atoms with Crippen LogP contribution in [0.4, 0.5) is 36.6 Å². The lowest BCUT2D eigenvalue weighted by Crippen LogP contribution is -2.54. The monoisotopic (exact) mass is 591 g/mol. The van der Waals surface area contributed by atoms with Gasteiger partial charge in [-0.1, -0.05) is 0 Å². The van der Waals surface area contributed by atoms with Crippen LogP contribution in [-0.2, 0) is 0 Å². The summed E-state index contributed by atoms with van der Waals surface area (Å²) in [6, 6.07) is 0.275. The van der Waals surface area contributed by atoms with Crippen LogP contribution >= 0.6 is 0 Å². The Labute approximate surface area is 227 Å². The molecule has 0 spiro atoms. The third-order valence-corrected chi connectivity index (χ3v) is 7.19. The molecule has 41 heavy (non-hydrogen) atoms. The number of nitrogens with one attached hydrogen (secondary N) is 1. The Morgan fingerprint density at radius 2 is 1.76 bits per heavy atom. The van der Waals surface area contributed by atoms with Gasteiger partial charge in [-0.25, -0.2) is 18.7 Å². The molecule has 4 rings (SSSR count). The van der Waals surface area contributed by atoms with E-state index in [4.69, 9.17) is 0 Å². The number of piperidine rings is 1. The first-order chi connectivity index (χ1) is 19.1. The van der Waals surface area contributed by atoms with Crippen molar-refractivity contribution in [2.24, 2.45) is 5.41 Å². The number of carbonyl (C=O) groups excluding carboxylic acids is 1. The van der Waals surface area contributed by atoms with Crippen LogP contribution in [0, 0.1) is 17.0 Å². The number of aliphatic hydroxyl groups excluding tert-OH is 2. The molecule has 1 fully saturated rings. The minimum absolute atomic E-state index is 0.240. The minimum atomic E-state index is -5.99. The zero-order valence-electron chi connectivity index (χ0n) is 21.4. The Morgan fingerprint density at radius 3 is 2.32 bits per heavy atom. The Morgan fingerprint density at radius 1 is 1.12 bits per heavy atom. The number of nitrogens with zero attached hydrogens (tertiary/aromatic N) is 4. The maximum Gasteiger partial charge on any atom is 0.455 e. The molecule has 1 saturated heterocycles. The van der Waals surface area contributed by atoms with Crippen molar-refractivity contribution >= 4 is 22.8 Å². The normalized spacial score (nSPS) is 16.6. The highest BCUT2D eigenvalue weighted by Gasteiger charge is 2.61. The van der Waals surface area contributed by atoms with Gasteiger partial charge in [0, 0.05) is 30.8 Å². The molecule has 0 saturated carbocycles. The van der Waals surface area contributed by atoms with Gasteiger partial charge < -0.3 is 20.4 Å². The number of hydrogen-bond donors (Lipinski definition) is 3. The molecule has 3 aromatic rings. The highest BCUT2D eigenvalue weighted by Crippen LogP contribution is 2.38. The van der Waals surface area contributed by atoms with Crippen LogP contribution in [0.25, 0.3) is 16.9 Å². The third-order valence-electron chi connectivity index (χ3n) is 7.19. The number of alkyl halides is 5. The van der Waals surface area contributed by atoms with Crippen LogP contribution < -0.4 is 15.6 Å². The Hall–Kier alpha value is -3.79. The van der Waals surface area contributed by atoms with Crippen molar-refractivity contribution in [1.82, 2.24) is 19.9 Å². The summed E-state index contributed by atoms with van der Waals surface area (Å²) in [6.45, 7) is 0.588. The van der Waals surface area contributed by atoms with Crippen LogP contribution in [0.15, 0.2) is 35.4 Å². The lowest BCUT2D eigenvalue weighted by Gasteiger charge is -2.40. The molecule has 1 aliphatic rings. The van der Waals surface area contributed by atoms with Gasteiger partial charge in [0.1, 0.15) is 17.2 Å². The van der Waals surface area contributed by atoms with Crippen LogP contribution in [0.5, 0.6) is 0 Å². The molecule has 16 heteroatoms. The number of fused-ring (bicyclic) bond motifs is 1. The summed E-state index contributed by atoms with van der Waals surface area (Å²) in [6.07, 6.45) is -3.91. The summed E-state index contributed by atoms with van der Waals surface area (Å²) in [7, 11) is 0. The molecule has 1 aliphatic heterocycles. The van der Waals surface area contributed by atoms with Gasteiger partial charge in [-0.05, 0) is 31.9 Å². The molecule has 3 aromatic heterocycles. The first kappa shape index (κ1) is 30.2. The largest absolute Gasteiger partial charge is 0.455 e. The topological polar surface area (TPSA) is 121 Å². The van der Waals surface area contributed by atoms with Crippen molar-refractivity contribution in [3.8, 4) is 5.82 Å². The SMILES string of the molecule is CC(NC(=O)c1cn(-c2ncc(F)cc2F)c2nc(N3CCC(CO)(CO)CC3)ccc2c1=O)C(F)(F)C(F)(F)F. The van der Waals surface area contributed by atoms with E-state index in [0.717, 1.165) is 4.57 Å². The fourth-order valence-electron chi connectivity index (χ4n) is 4.46. The van der Waals surface area contributed by atoms with Gasteiger partial charge in [0.05, 0.1) is 30.8 Å². The van der Waals surface area contributed by atoms with Crippen LogP contribution in [0.1, 0.15) is 30.1 Å². The number of amides is 1. The number of aliphatic hydroxyl groups is 2. The minimum Gasteiger partial charge on any atom is -0.396 e. The van der Waals surface area contributed by atoms with Crippen molar-refractivity contribution in [3.63, 3.8) is 0 Å². The zero-order chi connectivity index (χ0) is 30.3. The second kappa shape index (κ2) is 10.9. The molecule has 4 heterocycles. The zero-order valence-corrected chi connectivity index (χ0v) is 21.4. The molecule has 1 unspecified atom stereocenters. The number of aromatic nitrogens is 3. The molecule has 0 bridgehead atoms. The molecule has 222 valence electrons. The number of pyridine rings is 3. The van der Waals surface area contributed by atoms with Crippen molar-refractivity contribution in [3.05, 3.63) is 58.0 Å². The van der Waals surface area contributed by atoms with Gasteiger partial charge in [-0.3, -0.25) is 14.2 Å². The van der Waals surface area contributed by atoms with Gasteiger partial charge in [-0.2, -0.15) is 22.0 Å². The molecule has 0 radical (unpaired) electrons. The lowest BCUT2D eigenvalue weighted by atomic mass is 9.80. The van der Waals surface area contributed by atoms with Gasteiger partial charge in [0.2, 0.25) is 5.43 Å². The summed E-state index contributed by atoms with van der Waals surface area (Å²) in [5.41, 5.74) is -2.98. The van der Waals surface area contributed by atoms with Crippen LogP contribution in [0.2, 0.25) is 0 Å². The molecule has 1 atom stereocenters. The predicted molar refractivity (Wildman–Crippen MR) is 131 cm³/mol. The van der Waals surface area contributed by atoms with E-state index in [1.807, 2.05) is 0 Å². The predicted octanol–water partition coefficient (Wildman–Crippen LogP) is 2.95. The van der Waals surface area contributed by atoms with Crippen molar-refractivity contribution in [1.29, 1.82) is 0 Å². The van der Waals surface area contributed by atoms with Crippen molar-refractivity contribution in [2.75, 3.05) is 31.2 Å². The quantitative estimate of drug-likeness (QED) is 0.362. The second-order valence-corrected chi connectivity index (χ2v) is 9.86. The number of hydrogen-bond acceptors (Lipinski definition) is 7. The maximum absolute atomic E-state index is 14.8. The fourth-order valence-corrected chi connectivity index (χ4v) is 4.46. The van der Waals surface area contributed by atoms with Crippen LogP contribution in [-0.4, -0.2) is 75.1 Å². The first-order valence-electron chi connectivity index (χ1n) is 12.2. The molecule has 0 aromatic carbocycles. The summed E-state index contributed by atoms with van der Waals surface area (Å²) >= 11 is 0. The Kier molecular flexibility index (Phi) is 8.01. The maximum atomic E-state index is 14.8. The van der Waals surface area contributed by atoms with E-state index in [0.29, 0.717) is 51.3 Å². The molecular weight excluding hydrogens is 567 g/mol. The van der Waals surface area contributed by atoms with E-state index in [1.165, 1.54) is 17.4 Å². The van der Waals surface area contributed by atoms with Gasteiger partial charge in [-0.15, -0.1) is 0 Å². The summed E-state index contributed by atoms with van der Waals surface area (Å²) < 4.78 is 95.0. The highest BCUT2D eigenvalue weighted by molar-refractivity contribution is 5.97. The van der Waals surface area contributed by atoms with Crippen LogP contribution in [0.3, 0.4) is 0 Å². The van der Waals surface area contributed by atoms with E-state index in [1.54, 1.807) is 4.90 Å². The standard InChI is InChI=1S/C25H24F7N5O4/c1-13(24(28,29)25(30,31)32)34-22(41)16-10-37(21-17(27)8-14(26)9-33-21)20-15(19(16)40)2-3-18(35-20)36-6-4-23(11-38,12-39)5-7-36/h2-3,8-10,13,38-39H,4-7,11-12H2,1H3,(H,34,41). The molecule has 3 N–H and O–H groups in total. The Balaban J connectivity index is 1.82. The molecular formula is C25H24F7N5O4. The van der Waals surface area contributed by atoms with Gasteiger partial charge in [0.25, 0.3) is 5.91 Å². The number of carbonyl (C=O) groups is 1. The van der Waals surface area contributed by atoms with Gasteiger partial charge >= 0.3 is 12.1 Å². The van der Waals surface area contributed by atoms with E-state index < -0.39 is 57.9 Å². The van der Waals surface area contributed by atoms with E-state index in [-0.39, 0.29) is 30.1 Å². The first-order valence-corrected chi connectivity index (χ1v) is 12.2. The highest BCUT2D eigenvalue weighted by atomic mass is 19.4. The average Bonchev–Trinajstić information content (AvgIpc) is 2.92. The molecule has 1 amide bonds. The second-order valence-electron chi connectivity index (χ2n) is 9.86. The Bertz CT molecular complexity index is 1510. The lowest BCUT2D eigenvalue weighted by molar-refractivity contribution is -0.290. The summed E-state index contributed by atoms with van der Waals surface area (Å²) in [4.78, 5) is 35.8. The molecule has 9 nitrogen and oxygen atoms in total. The van der Waals surface area contributed by atoms with Crippen molar-refractivity contribution < 1.29 is 45.7 Å². The molecule has 0 aliphatic carbocycles. The number of rotatable bonds is 7. The third kappa shape index (κ3) is 5.57.